The number of methoxy groups -OCH3 is 1. The van der Waals surface area contributed by atoms with Gasteiger partial charge in [0.25, 0.3) is 0 Å². The number of carbonyl (C=O) groups is 3. The molecule has 1 heterocycles. The van der Waals surface area contributed by atoms with Gasteiger partial charge >= 0.3 is 11.9 Å². The summed E-state index contributed by atoms with van der Waals surface area (Å²) in [5, 5.41) is 9.22. The van der Waals surface area contributed by atoms with E-state index in [1.54, 1.807) is 6.07 Å². The Morgan fingerprint density at radius 2 is 1.96 bits per heavy atom. The van der Waals surface area contributed by atoms with Crippen LogP contribution < -0.4 is 4.90 Å². The second kappa shape index (κ2) is 8.28. The molecule has 1 amide bonds. The number of amides is 1. The number of anilines is 1. The minimum atomic E-state index is -1.11. The first-order chi connectivity index (χ1) is 11.3. The molecule has 8 heteroatoms. The van der Waals surface area contributed by atoms with Crippen LogP contribution >= 0.6 is 33.9 Å². The fourth-order valence-corrected chi connectivity index (χ4v) is 4.70. The molecule has 0 spiro atoms. The third-order valence-electron chi connectivity index (χ3n) is 4.27. The van der Waals surface area contributed by atoms with Crippen molar-refractivity contribution in [1.29, 1.82) is 0 Å². The number of esters is 1. The van der Waals surface area contributed by atoms with Crippen molar-refractivity contribution in [2.24, 2.45) is 11.8 Å². The molecule has 0 saturated heterocycles. The average molecular weight is 465 g/mol. The van der Waals surface area contributed by atoms with Gasteiger partial charge in [0.2, 0.25) is 5.91 Å². The molecule has 0 radical (unpaired) electrons. The number of halogens is 1. The van der Waals surface area contributed by atoms with Crippen molar-refractivity contribution in [3.63, 3.8) is 0 Å². The largest absolute Gasteiger partial charge is 0.480 e. The van der Waals surface area contributed by atoms with Gasteiger partial charge in [0.1, 0.15) is 11.4 Å². The molecule has 24 heavy (non-hydrogen) atoms. The van der Waals surface area contributed by atoms with E-state index in [-0.39, 0.29) is 16.7 Å². The van der Waals surface area contributed by atoms with E-state index in [0.717, 1.165) is 28.6 Å². The van der Waals surface area contributed by atoms with Crippen molar-refractivity contribution in [2.45, 2.75) is 32.6 Å². The van der Waals surface area contributed by atoms with Crippen LogP contribution in [0.2, 0.25) is 0 Å². The molecule has 0 atom stereocenters. The molecule has 1 N–H and O–H groups in total. The standard InChI is InChI=1S/C16H20INO5S/c1-9-3-5-10(6-4-9)15(21)18(8-13(19)20)11-7-12(17)24-14(11)16(22)23-2/h7,9-10H,3-6,8H2,1-2H3,(H,19,20). The summed E-state index contributed by atoms with van der Waals surface area (Å²) in [6.45, 7) is 1.70. The molecule has 0 unspecified atom stereocenters. The van der Waals surface area contributed by atoms with Crippen molar-refractivity contribution < 1.29 is 24.2 Å². The van der Waals surface area contributed by atoms with E-state index in [9.17, 15) is 19.5 Å². The number of rotatable bonds is 5. The van der Waals surface area contributed by atoms with Crippen LogP contribution in [0, 0.1) is 14.7 Å². The second-order valence-corrected chi connectivity index (χ2v) is 8.98. The van der Waals surface area contributed by atoms with Gasteiger partial charge in [-0.3, -0.25) is 14.5 Å². The third-order valence-corrected chi connectivity index (χ3v) is 6.13. The number of thiophene rings is 1. The molecular weight excluding hydrogens is 445 g/mol. The lowest BCUT2D eigenvalue weighted by Gasteiger charge is -2.30. The van der Waals surface area contributed by atoms with Gasteiger partial charge < -0.3 is 9.84 Å². The quantitative estimate of drug-likeness (QED) is 0.533. The van der Waals surface area contributed by atoms with Gasteiger partial charge in [0.15, 0.2) is 0 Å². The minimum Gasteiger partial charge on any atom is -0.480 e. The zero-order chi connectivity index (χ0) is 17.9. The summed E-state index contributed by atoms with van der Waals surface area (Å²) in [6, 6.07) is 1.67. The molecule has 0 bridgehead atoms. The van der Waals surface area contributed by atoms with Crippen molar-refractivity contribution >= 4 is 57.5 Å². The minimum absolute atomic E-state index is 0.191. The summed E-state index contributed by atoms with van der Waals surface area (Å²) in [4.78, 5) is 37.7. The molecule has 132 valence electrons. The molecule has 0 aliphatic heterocycles. The SMILES string of the molecule is COC(=O)c1sc(I)cc1N(CC(=O)O)C(=O)C1CCC(C)CC1. The molecule has 1 aliphatic rings. The summed E-state index contributed by atoms with van der Waals surface area (Å²) in [7, 11) is 1.27. The van der Waals surface area contributed by atoms with Crippen molar-refractivity contribution in [3.05, 3.63) is 13.8 Å². The highest BCUT2D eigenvalue weighted by Gasteiger charge is 2.33. The first-order valence-corrected chi connectivity index (χ1v) is 9.63. The first-order valence-electron chi connectivity index (χ1n) is 7.74. The third kappa shape index (κ3) is 4.47. The lowest BCUT2D eigenvalue weighted by atomic mass is 9.82. The Kier molecular flexibility index (Phi) is 6.62. The lowest BCUT2D eigenvalue weighted by molar-refractivity contribution is -0.137. The van der Waals surface area contributed by atoms with Crippen molar-refractivity contribution in [2.75, 3.05) is 18.6 Å². The topological polar surface area (TPSA) is 83.9 Å². The molecule has 1 aliphatic carbocycles. The van der Waals surface area contributed by atoms with Crippen molar-refractivity contribution in [3.8, 4) is 0 Å². The molecule has 1 saturated carbocycles. The highest BCUT2D eigenvalue weighted by molar-refractivity contribution is 14.1. The van der Waals surface area contributed by atoms with Crippen LogP contribution in [0.15, 0.2) is 6.07 Å². The maximum Gasteiger partial charge on any atom is 0.350 e. The van der Waals surface area contributed by atoms with Crippen LogP contribution in [0.5, 0.6) is 0 Å². The number of nitrogens with zero attached hydrogens (tertiary/aromatic N) is 1. The van der Waals surface area contributed by atoms with E-state index in [1.165, 1.54) is 23.3 Å². The van der Waals surface area contributed by atoms with Gasteiger partial charge in [-0.15, -0.1) is 11.3 Å². The molecule has 1 fully saturated rings. The number of ether oxygens (including phenoxy) is 1. The Bertz CT molecular complexity index is 636. The zero-order valence-electron chi connectivity index (χ0n) is 13.6. The Morgan fingerprint density at radius 3 is 2.50 bits per heavy atom. The van der Waals surface area contributed by atoms with Crippen LogP contribution in [0.3, 0.4) is 0 Å². The van der Waals surface area contributed by atoms with Crippen molar-refractivity contribution in [1.82, 2.24) is 0 Å². The van der Waals surface area contributed by atoms with Crippen LogP contribution in [-0.2, 0) is 14.3 Å². The maximum absolute atomic E-state index is 12.9. The molecule has 2 rings (SSSR count). The number of carboxylic acids is 1. The monoisotopic (exact) mass is 465 g/mol. The first kappa shape index (κ1) is 19.2. The highest BCUT2D eigenvalue weighted by atomic mass is 127. The zero-order valence-corrected chi connectivity index (χ0v) is 16.6. The Labute approximate surface area is 158 Å². The van der Waals surface area contributed by atoms with E-state index in [0.29, 0.717) is 11.6 Å². The molecular formula is C16H20INO5S. The number of carbonyl (C=O) groups excluding carboxylic acids is 2. The van der Waals surface area contributed by atoms with E-state index in [1.807, 2.05) is 22.6 Å². The summed E-state index contributed by atoms with van der Waals surface area (Å²) < 4.78 is 5.56. The van der Waals surface area contributed by atoms with E-state index >= 15 is 0 Å². The fourth-order valence-electron chi connectivity index (χ4n) is 2.94. The molecule has 6 nitrogen and oxygen atoms in total. The normalized spacial score (nSPS) is 20.5. The van der Waals surface area contributed by atoms with Gasteiger partial charge in [-0.2, -0.15) is 0 Å². The average Bonchev–Trinajstić information content (AvgIpc) is 2.93. The van der Waals surface area contributed by atoms with Crippen LogP contribution in [0.4, 0.5) is 5.69 Å². The summed E-state index contributed by atoms with van der Waals surface area (Å²) in [5.74, 6) is -1.48. The van der Waals surface area contributed by atoms with Gasteiger partial charge in [-0.25, -0.2) is 4.79 Å². The van der Waals surface area contributed by atoms with Gasteiger partial charge in [-0.05, 0) is 60.3 Å². The van der Waals surface area contributed by atoms with Crippen LogP contribution in [0.25, 0.3) is 0 Å². The molecule has 1 aromatic rings. The summed E-state index contributed by atoms with van der Waals surface area (Å²) in [6.07, 6.45) is 3.43. The molecule has 0 aromatic carbocycles. The molecule has 1 aromatic heterocycles. The smallest absolute Gasteiger partial charge is 0.350 e. The maximum atomic E-state index is 12.9. The van der Waals surface area contributed by atoms with Crippen LogP contribution in [0.1, 0.15) is 42.3 Å². The highest BCUT2D eigenvalue weighted by Crippen LogP contribution is 2.35. The predicted molar refractivity (Wildman–Crippen MR) is 99.5 cm³/mol. The number of hydrogen-bond donors (Lipinski definition) is 1. The van der Waals surface area contributed by atoms with Gasteiger partial charge in [-0.1, -0.05) is 6.92 Å². The van der Waals surface area contributed by atoms with E-state index in [2.05, 4.69) is 6.92 Å². The van der Waals surface area contributed by atoms with E-state index in [4.69, 9.17) is 4.74 Å². The predicted octanol–water partition coefficient (Wildman–Crippen LogP) is 3.38. The van der Waals surface area contributed by atoms with Gasteiger partial charge in [0, 0.05) is 5.92 Å². The summed E-state index contributed by atoms with van der Waals surface area (Å²) in [5.41, 5.74) is 0.335. The number of hydrogen-bond acceptors (Lipinski definition) is 5. The van der Waals surface area contributed by atoms with Gasteiger partial charge in [0.05, 0.1) is 15.7 Å². The Morgan fingerprint density at radius 1 is 1.33 bits per heavy atom. The number of carboxylic acid groups (broad SMARTS) is 1. The summed E-state index contributed by atoms with van der Waals surface area (Å²) >= 11 is 3.24. The Hall–Kier alpha value is -1.16. The van der Waals surface area contributed by atoms with Crippen LogP contribution in [-0.4, -0.2) is 36.6 Å². The van der Waals surface area contributed by atoms with E-state index < -0.39 is 18.5 Å². The number of aliphatic carboxylic acids is 1. The lowest BCUT2D eigenvalue weighted by Crippen LogP contribution is -2.41. The fraction of sp³-hybridized carbons (Fsp3) is 0.562. The Balaban J connectivity index is 2.33. The second-order valence-electron chi connectivity index (χ2n) is 6.03.